The maximum Gasteiger partial charge on any atom is 0.331 e. The molecule has 2 heterocycles. The Balaban J connectivity index is 1.36. The highest BCUT2D eigenvalue weighted by atomic mass is 32.2. The number of benzene rings is 2. The van der Waals surface area contributed by atoms with Gasteiger partial charge in [-0.3, -0.25) is 4.79 Å². The number of nitrogens with zero attached hydrogens (tertiary/aromatic N) is 1. The van der Waals surface area contributed by atoms with E-state index >= 15 is 0 Å². The van der Waals surface area contributed by atoms with E-state index in [1.807, 2.05) is 30.3 Å². The molecule has 0 aromatic heterocycles. The molecular formula is C22H21NO5S. The molecule has 1 amide bonds. The van der Waals surface area contributed by atoms with Crippen molar-refractivity contribution in [2.45, 2.75) is 23.5 Å². The van der Waals surface area contributed by atoms with Gasteiger partial charge in [0.2, 0.25) is 6.79 Å². The van der Waals surface area contributed by atoms with Crippen molar-refractivity contribution in [2.24, 2.45) is 0 Å². The van der Waals surface area contributed by atoms with Gasteiger partial charge in [0.1, 0.15) is 0 Å². The number of thioether (sulfide) groups is 1. The van der Waals surface area contributed by atoms with Crippen LogP contribution in [-0.4, -0.2) is 37.1 Å². The fourth-order valence-electron chi connectivity index (χ4n) is 3.19. The van der Waals surface area contributed by atoms with Gasteiger partial charge in [0.15, 0.2) is 18.1 Å². The van der Waals surface area contributed by atoms with Crippen molar-refractivity contribution in [3.8, 4) is 11.5 Å². The SMILES string of the molecule is C[C@H]1CCN(C(=O)COC(=O)/C=C\c2ccc3c(c2)OCO3)c2ccccc2S1. The van der Waals surface area contributed by atoms with Gasteiger partial charge in [-0.25, -0.2) is 4.79 Å². The molecule has 2 aliphatic heterocycles. The minimum atomic E-state index is -0.568. The zero-order chi connectivity index (χ0) is 20.2. The van der Waals surface area contributed by atoms with Crippen LogP contribution in [0, 0.1) is 0 Å². The van der Waals surface area contributed by atoms with E-state index in [1.54, 1.807) is 34.9 Å². The lowest BCUT2D eigenvalue weighted by molar-refractivity contribution is -0.142. The van der Waals surface area contributed by atoms with Gasteiger partial charge in [0, 0.05) is 22.8 Å². The second-order valence-electron chi connectivity index (χ2n) is 6.78. The molecule has 2 aliphatic rings. The number of anilines is 1. The summed E-state index contributed by atoms with van der Waals surface area (Å²) < 4.78 is 15.7. The standard InChI is InChI=1S/C22H21NO5S/c1-15-10-11-23(17-4-2-3-5-20(17)29-15)21(24)13-26-22(25)9-7-16-6-8-18-19(12-16)28-14-27-18/h2-9,12,15H,10-11,13-14H2,1H3/b9-7-/t15-/m0/s1. The third-order valence-electron chi connectivity index (χ3n) is 4.69. The molecular weight excluding hydrogens is 390 g/mol. The number of amides is 1. The molecule has 2 aromatic rings. The lowest BCUT2D eigenvalue weighted by Crippen LogP contribution is -2.35. The number of esters is 1. The molecule has 0 N–H and O–H groups in total. The predicted octanol–water partition coefficient (Wildman–Crippen LogP) is 3.89. The number of rotatable bonds is 4. The van der Waals surface area contributed by atoms with Crippen molar-refractivity contribution in [1.29, 1.82) is 0 Å². The van der Waals surface area contributed by atoms with E-state index in [4.69, 9.17) is 14.2 Å². The van der Waals surface area contributed by atoms with Crippen LogP contribution in [0.4, 0.5) is 5.69 Å². The van der Waals surface area contributed by atoms with Crippen LogP contribution in [0.2, 0.25) is 0 Å². The van der Waals surface area contributed by atoms with Gasteiger partial charge in [-0.2, -0.15) is 0 Å². The van der Waals surface area contributed by atoms with Crippen LogP contribution < -0.4 is 14.4 Å². The van der Waals surface area contributed by atoms with Gasteiger partial charge < -0.3 is 19.1 Å². The van der Waals surface area contributed by atoms with Crippen molar-refractivity contribution >= 4 is 35.4 Å². The maximum atomic E-state index is 12.7. The molecule has 2 aromatic carbocycles. The summed E-state index contributed by atoms with van der Waals surface area (Å²) in [7, 11) is 0. The molecule has 0 radical (unpaired) electrons. The second kappa shape index (κ2) is 8.61. The van der Waals surface area contributed by atoms with Crippen LogP contribution in [0.25, 0.3) is 6.08 Å². The summed E-state index contributed by atoms with van der Waals surface area (Å²) in [5.41, 5.74) is 1.66. The van der Waals surface area contributed by atoms with E-state index in [0.29, 0.717) is 23.3 Å². The van der Waals surface area contributed by atoms with Crippen molar-refractivity contribution < 1.29 is 23.8 Å². The van der Waals surface area contributed by atoms with Crippen LogP contribution in [0.3, 0.4) is 0 Å². The lowest BCUT2D eigenvalue weighted by atomic mass is 10.2. The molecule has 4 rings (SSSR count). The Hall–Kier alpha value is -2.93. The highest BCUT2D eigenvalue weighted by Crippen LogP contribution is 2.37. The first kappa shape index (κ1) is 19.4. The minimum absolute atomic E-state index is 0.198. The van der Waals surface area contributed by atoms with Crippen LogP contribution in [-0.2, 0) is 14.3 Å². The number of ether oxygens (including phenoxy) is 3. The highest BCUT2D eigenvalue weighted by molar-refractivity contribution is 8.00. The number of carbonyl (C=O) groups is 2. The van der Waals surface area contributed by atoms with E-state index < -0.39 is 5.97 Å². The molecule has 0 spiro atoms. The van der Waals surface area contributed by atoms with E-state index in [1.165, 1.54) is 6.08 Å². The second-order valence-corrected chi connectivity index (χ2v) is 8.26. The summed E-state index contributed by atoms with van der Waals surface area (Å²) in [6, 6.07) is 13.2. The number of fused-ring (bicyclic) bond motifs is 2. The molecule has 29 heavy (non-hydrogen) atoms. The lowest BCUT2D eigenvalue weighted by Gasteiger charge is -2.22. The van der Waals surface area contributed by atoms with Crippen molar-refractivity contribution in [3.05, 3.63) is 54.1 Å². The van der Waals surface area contributed by atoms with Crippen molar-refractivity contribution in [2.75, 3.05) is 24.8 Å². The first-order valence-corrected chi connectivity index (χ1v) is 10.3. The Kier molecular flexibility index (Phi) is 5.76. The Morgan fingerprint density at radius 3 is 2.93 bits per heavy atom. The smallest absolute Gasteiger partial charge is 0.331 e. The highest BCUT2D eigenvalue weighted by Gasteiger charge is 2.24. The monoisotopic (exact) mass is 411 g/mol. The fourth-order valence-corrected chi connectivity index (χ4v) is 4.30. The van der Waals surface area contributed by atoms with Gasteiger partial charge in [-0.15, -0.1) is 11.8 Å². The van der Waals surface area contributed by atoms with E-state index in [2.05, 4.69) is 6.92 Å². The van der Waals surface area contributed by atoms with Crippen LogP contribution in [0.15, 0.2) is 53.4 Å². The average molecular weight is 411 g/mol. The molecule has 1 atom stereocenters. The summed E-state index contributed by atoms with van der Waals surface area (Å²) in [5, 5.41) is 0.418. The van der Waals surface area contributed by atoms with Crippen LogP contribution in [0.1, 0.15) is 18.9 Å². The molecule has 7 heteroatoms. The molecule has 0 bridgehead atoms. The number of para-hydroxylation sites is 1. The summed E-state index contributed by atoms with van der Waals surface area (Å²) in [4.78, 5) is 27.6. The predicted molar refractivity (Wildman–Crippen MR) is 111 cm³/mol. The molecule has 150 valence electrons. The van der Waals surface area contributed by atoms with Gasteiger partial charge in [-0.1, -0.05) is 25.1 Å². The Morgan fingerprint density at radius 1 is 1.21 bits per heavy atom. The Bertz CT molecular complexity index is 958. The van der Waals surface area contributed by atoms with Gasteiger partial charge in [0.25, 0.3) is 5.91 Å². The van der Waals surface area contributed by atoms with Crippen LogP contribution >= 0.6 is 11.8 Å². The zero-order valence-electron chi connectivity index (χ0n) is 16.0. The number of carbonyl (C=O) groups excluding carboxylic acids is 2. The van der Waals surface area contributed by atoms with Gasteiger partial charge >= 0.3 is 5.97 Å². The summed E-state index contributed by atoms with van der Waals surface area (Å²) in [6.45, 7) is 2.66. The quantitative estimate of drug-likeness (QED) is 0.562. The normalized spacial score (nSPS) is 17.7. The Morgan fingerprint density at radius 2 is 2.03 bits per heavy atom. The third-order valence-corrected chi connectivity index (χ3v) is 5.93. The van der Waals surface area contributed by atoms with Gasteiger partial charge in [0.05, 0.1) is 5.69 Å². The average Bonchev–Trinajstić information content (AvgIpc) is 3.12. The van der Waals surface area contributed by atoms with Crippen LogP contribution in [0.5, 0.6) is 11.5 Å². The largest absolute Gasteiger partial charge is 0.454 e. The first-order chi connectivity index (χ1) is 14.1. The minimum Gasteiger partial charge on any atom is -0.454 e. The first-order valence-electron chi connectivity index (χ1n) is 9.41. The van der Waals surface area contributed by atoms with E-state index in [9.17, 15) is 9.59 Å². The van der Waals surface area contributed by atoms with Crippen molar-refractivity contribution in [3.63, 3.8) is 0 Å². The zero-order valence-corrected chi connectivity index (χ0v) is 16.8. The maximum absolute atomic E-state index is 12.7. The molecule has 6 nitrogen and oxygen atoms in total. The summed E-state index contributed by atoms with van der Waals surface area (Å²) >= 11 is 1.76. The molecule has 0 saturated heterocycles. The Labute approximate surface area is 173 Å². The number of hydrogen-bond acceptors (Lipinski definition) is 6. The van der Waals surface area contributed by atoms with Crippen molar-refractivity contribution in [1.82, 2.24) is 0 Å². The van der Waals surface area contributed by atoms with Gasteiger partial charge in [-0.05, 0) is 42.3 Å². The third kappa shape index (κ3) is 4.56. The number of hydrogen-bond donors (Lipinski definition) is 0. The molecule has 0 saturated carbocycles. The summed E-state index contributed by atoms with van der Waals surface area (Å²) in [5.74, 6) is 0.530. The molecule has 0 fully saturated rings. The molecule has 0 unspecified atom stereocenters. The fraction of sp³-hybridized carbons (Fsp3) is 0.273. The topological polar surface area (TPSA) is 65.1 Å². The molecule has 0 aliphatic carbocycles. The van der Waals surface area contributed by atoms with E-state index in [-0.39, 0.29) is 19.3 Å². The van der Waals surface area contributed by atoms with E-state index in [0.717, 1.165) is 22.6 Å². The summed E-state index contributed by atoms with van der Waals surface area (Å²) in [6.07, 6.45) is 3.80.